The summed E-state index contributed by atoms with van der Waals surface area (Å²) in [5, 5.41) is 12.4. The molecule has 13 heavy (non-hydrogen) atoms. The molecule has 0 saturated heterocycles. The summed E-state index contributed by atoms with van der Waals surface area (Å²) < 4.78 is 1.72. The second kappa shape index (κ2) is 3.61. The normalized spacial score (nSPS) is 16.2. The van der Waals surface area contributed by atoms with Crippen LogP contribution in [0.4, 0.5) is 5.95 Å². The van der Waals surface area contributed by atoms with Gasteiger partial charge < -0.3 is 4.90 Å². The molecule has 0 spiro atoms. The Morgan fingerprint density at radius 1 is 1.62 bits per heavy atom. The molecule has 5 nitrogen and oxygen atoms in total. The summed E-state index contributed by atoms with van der Waals surface area (Å²) in [5.41, 5.74) is 0. The van der Waals surface area contributed by atoms with E-state index in [2.05, 4.69) is 36.4 Å². The van der Waals surface area contributed by atoms with Crippen molar-refractivity contribution in [3.05, 3.63) is 0 Å². The molecular weight excluding hydrogens is 234 g/mol. The van der Waals surface area contributed by atoms with Crippen LogP contribution in [0.2, 0.25) is 0 Å². The highest BCUT2D eigenvalue weighted by molar-refractivity contribution is 9.09. The topological polar surface area (TPSA) is 46.8 Å². The Labute approximate surface area is 85.2 Å². The van der Waals surface area contributed by atoms with Crippen LogP contribution in [0.1, 0.15) is 12.8 Å². The molecule has 1 heterocycles. The molecule has 72 valence electrons. The number of anilines is 1. The maximum absolute atomic E-state index is 4.00. The number of hydrogen-bond donors (Lipinski definition) is 0. The van der Waals surface area contributed by atoms with Crippen LogP contribution in [0, 0.1) is 0 Å². The lowest BCUT2D eigenvalue weighted by atomic mass is 10.5. The van der Waals surface area contributed by atoms with E-state index >= 15 is 0 Å². The minimum Gasteiger partial charge on any atom is -0.336 e. The molecule has 0 radical (unpaired) electrons. The van der Waals surface area contributed by atoms with E-state index in [0.717, 1.165) is 17.8 Å². The van der Waals surface area contributed by atoms with Gasteiger partial charge in [-0.05, 0) is 23.3 Å². The lowest BCUT2D eigenvalue weighted by Crippen LogP contribution is -2.30. The van der Waals surface area contributed by atoms with E-state index in [1.807, 2.05) is 7.05 Å². The van der Waals surface area contributed by atoms with Crippen molar-refractivity contribution in [1.29, 1.82) is 0 Å². The maximum Gasteiger partial charge on any atom is 0.245 e. The van der Waals surface area contributed by atoms with Gasteiger partial charge in [-0.1, -0.05) is 21.0 Å². The number of alkyl halides is 1. The largest absolute Gasteiger partial charge is 0.336 e. The zero-order valence-electron chi connectivity index (χ0n) is 7.52. The van der Waals surface area contributed by atoms with E-state index in [1.54, 1.807) is 4.68 Å². The third-order valence-electron chi connectivity index (χ3n) is 2.17. The van der Waals surface area contributed by atoms with Gasteiger partial charge in [-0.15, -0.1) is 0 Å². The molecule has 2 rings (SSSR count). The van der Waals surface area contributed by atoms with Crippen molar-refractivity contribution in [1.82, 2.24) is 20.2 Å². The predicted molar refractivity (Wildman–Crippen MR) is 53.0 cm³/mol. The minimum absolute atomic E-state index is 0.655. The molecule has 0 bridgehead atoms. The van der Waals surface area contributed by atoms with Gasteiger partial charge in [-0.3, -0.25) is 0 Å². The van der Waals surface area contributed by atoms with Crippen molar-refractivity contribution in [3.63, 3.8) is 0 Å². The van der Waals surface area contributed by atoms with Gasteiger partial charge in [0.1, 0.15) is 0 Å². The fourth-order valence-corrected chi connectivity index (χ4v) is 1.77. The van der Waals surface area contributed by atoms with Gasteiger partial charge in [-0.25, -0.2) is 4.68 Å². The maximum atomic E-state index is 4.00. The monoisotopic (exact) mass is 245 g/mol. The lowest BCUT2D eigenvalue weighted by Gasteiger charge is -2.20. The van der Waals surface area contributed by atoms with Gasteiger partial charge in [0.2, 0.25) is 5.95 Å². The van der Waals surface area contributed by atoms with Crippen molar-refractivity contribution in [2.45, 2.75) is 18.9 Å². The smallest absolute Gasteiger partial charge is 0.245 e. The molecule has 0 aliphatic heterocycles. The van der Waals surface area contributed by atoms with Gasteiger partial charge in [0.05, 0.1) is 0 Å². The van der Waals surface area contributed by atoms with E-state index in [-0.39, 0.29) is 0 Å². The fourth-order valence-electron chi connectivity index (χ4n) is 1.39. The SMILES string of the molecule is Cn1nnnc1N(CCBr)C1CC1. The van der Waals surface area contributed by atoms with Crippen LogP contribution in [0.5, 0.6) is 0 Å². The van der Waals surface area contributed by atoms with Crippen LogP contribution in [0.15, 0.2) is 0 Å². The molecular formula is C7H12BrN5. The first kappa shape index (κ1) is 8.93. The average molecular weight is 246 g/mol. The molecule has 1 aromatic heterocycles. The van der Waals surface area contributed by atoms with E-state index < -0.39 is 0 Å². The lowest BCUT2D eigenvalue weighted by molar-refractivity contribution is 0.683. The van der Waals surface area contributed by atoms with Gasteiger partial charge in [0.15, 0.2) is 0 Å². The second-order valence-electron chi connectivity index (χ2n) is 3.22. The number of tetrazole rings is 1. The van der Waals surface area contributed by atoms with Crippen LogP contribution in [0.25, 0.3) is 0 Å². The summed E-state index contributed by atoms with van der Waals surface area (Å²) in [6.45, 7) is 0.971. The first-order valence-corrected chi connectivity index (χ1v) is 5.50. The van der Waals surface area contributed by atoms with Crippen LogP contribution in [-0.2, 0) is 7.05 Å². The number of halogens is 1. The second-order valence-corrected chi connectivity index (χ2v) is 4.01. The highest BCUT2D eigenvalue weighted by Crippen LogP contribution is 2.29. The van der Waals surface area contributed by atoms with Crippen molar-refractivity contribution in [3.8, 4) is 0 Å². The Balaban J connectivity index is 2.14. The first-order valence-electron chi connectivity index (χ1n) is 4.38. The number of nitrogens with zero attached hydrogens (tertiary/aromatic N) is 5. The van der Waals surface area contributed by atoms with Gasteiger partial charge in [0, 0.05) is 25.0 Å². The Morgan fingerprint density at radius 3 is 2.85 bits per heavy atom. The highest BCUT2D eigenvalue weighted by Gasteiger charge is 2.31. The molecule has 1 fully saturated rings. The minimum atomic E-state index is 0.655. The van der Waals surface area contributed by atoms with Crippen molar-refractivity contribution < 1.29 is 0 Å². The van der Waals surface area contributed by atoms with E-state index in [9.17, 15) is 0 Å². The molecule has 1 aromatic rings. The quantitative estimate of drug-likeness (QED) is 0.729. The molecule has 0 aromatic carbocycles. The molecule has 0 unspecified atom stereocenters. The van der Waals surface area contributed by atoms with E-state index in [4.69, 9.17) is 0 Å². The van der Waals surface area contributed by atoms with Crippen LogP contribution >= 0.6 is 15.9 Å². The number of rotatable bonds is 4. The van der Waals surface area contributed by atoms with Gasteiger partial charge >= 0.3 is 0 Å². The number of aryl methyl sites for hydroxylation is 1. The standard InChI is InChI=1S/C7H12BrN5/c1-12-7(9-10-11-12)13(5-4-8)6-2-3-6/h6H,2-5H2,1H3. The number of aromatic nitrogens is 4. The molecule has 0 N–H and O–H groups in total. The van der Waals surface area contributed by atoms with Crippen LogP contribution in [0.3, 0.4) is 0 Å². The molecule has 1 aliphatic carbocycles. The Kier molecular flexibility index (Phi) is 2.48. The fraction of sp³-hybridized carbons (Fsp3) is 0.857. The van der Waals surface area contributed by atoms with Crippen molar-refractivity contribution in [2.75, 3.05) is 16.8 Å². The highest BCUT2D eigenvalue weighted by atomic mass is 79.9. The average Bonchev–Trinajstić information content (AvgIpc) is 2.86. The third kappa shape index (κ3) is 1.82. The zero-order chi connectivity index (χ0) is 9.26. The molecule has 0 atom stereocenters. The Bertz CT molecular complexity index is 282. The number of hydrogen-bond acceptors (Lipinski definition) is 4. The third-order valence-corrected chi connectivity index (χ3v) is 2.52. The van der Waals surface area contributed by atoms with Gasteiger partial charge in [-0.2, -0.15) is 0 Å². The van der Waals surface area contributed by atoms with Crippen LogP contribution in [-0.4, -0.2) is 38.1 Å². The zero-order valence-corrected chi connectivity index (χ0v) is 9.11. The van der Waals surface area contributed by atoms with E-state index in [0.29, 0.717) is 6.04 Å². The first-order chi connectivity index (χ1) is 6.33. The van der Waals surface area contributed by atoms with Crippen molar-refractivity contribution in [2.24, 2.45) is 7.05 Å². The predicted octanol–water partition coefficient (Wildman–Crippen LogP) is 0.574. The molecule has 1 saturated carbocycles. The molecule has 0 amide bonds. The van der Waals surface area contributed by atoms with E-state index in [1.165, 1.54) is 12.8 Å². The Hall–Kier alpha value is -0.650. The van der Waals surface area contributed by atoms with Crippen molar-refractivity contribution >= 4 is 21.9 Å². The summed E-state index contributed by atoms with van der Waals surface area (Å²) in [6.07, 6.45) is 2.53. The summed E-state index contributed by atoms with van der Waals surface area (Å²) in [5.74, 6) is 0.877. The molecule has 6 heteroatoms. The molecule has 1 aliphatic rings. The summed E-state index contributed by atoms with van der Waals surface area (Å²) in [4.78, 5) is 2.26. The summed E-state index contributed by atoms with van der Waals surface area (Å²) >= 11 is 3.44. The van der Waals surface area contributed by atoms with Gasteiger partial charge in [0.25, 0.3) is 0 Å². The Morgan fingerprint density at radius 2 is 2.38 bits per heavy atom. The summed E-state index contributed by atoms with van der Waals surface area (Å²) in [7, 11) is 1.87. The summed E-state index contributed by atoms with van der Waals surface area (Å²) in [6, 6.07) is 0.655. The van der Waals surface area contributed by atoms with Crippen LogP contribution < -0.4 is 4.90 Å².